The second-order valence-corrected chi connectivity index (χ2v) is 10.3. The number of benzene rings is 3. The number of carbonyl (C=O) groups excluding carboxylic acids is 1. The lowest BCUT2D eigenvalue weighted by atomic mass is 9.99. The largest absolute Gasteiger partial charge is 0.399 e. The standard InChI is InChI=1S/C25H24ClN3O3S/c1-15-9-16(2)22(17(3)10-15)14-29-23-12-19(26)8-7-18(23)11-24(29)25(30)28-33(31,32)21-6-4-5-20(27)13-21/h4-13H,14,27H2,1-3H3,(H,28,30). The Kier molecular flexibility index (Phi) is 5.95. The number of carbonyl (C=O) groups is 1. The zero-order valence-electron chi connectivity index (χ0n) is 18.5. The fourth-order valence-corrected chi connectivity index (χ4v) is 5.30. The van der Waals surface area contributed by atoms with Crippen LogP contribution in [-0.4, -0.2) is 18.9 Å². The van der Waals surface area contributed by atoms with Crippen molar-refractivity contribution in [3.8, 4) is 0 Å². The Hall–Kier alpha value is -3.29. The number of anilines is 1. The molecule has 1 aromatic heterocycles. The van der Waals surface area contributed by atoms with Crippen molar-refractivity contribution in [2.75, 3.05) is 5.73 Å². The number of fused-ring (bicyclic) bond motifs is 1. The minimum absolute atomic E-state index is 0.0771. The van der Waals surface area contributed by atoms with Crippen molar-refractivity contribution in [2.24, 2.45) is 0 Å². The van der Waals surface area contributed by atoms with Gasteiger partial charge in [0.25, 0.3) is 15.9 Å². The predicted octanol–water partition coefficient (Wildman–Crippen LogP) is 4.97. The van der Waals surface area contributed by atoms with Gasteiger partial charge in [-0.25, -0.2) is 13.1 Å². The zero-order valence-corrected chi connectivity index (χ0v) is 20.1. The molecule has 4 rings (SSSR count). The summed E-state index contributed by atoms with van der Waals surface area (Å²) in [5.74, 6) is -0.729. The molecule has 0 bridgehead atoms. The van der Waals surface area contributed by atoms with Gasteiger partial charge in [-0.2, -0.15) is 0 Å². The van der Waals surface area contributed by atoms with Gasteiger partial charge in [0.2, 0.25) is 0 Å². The molecule has 170 valence electrons. The number of nitrogen functional groups attached to an aromatic ring is 1. The fraction of sp³-hybridized carbons (Fsp3) is 0.160. The normalized spacial score (nSPS) is 11.6. The summed E-state index contributed by atoms with van der Waals surface area (Å²) < 4.78 is 29.7. The number of amides is 1. The molecule has 3 N–H and O–H groups in total. The number of nitrogens with two attached hydrogens (primary N) is 1. The molecule has 0 radical (unpaired) electrons. The lowest BCUT2D eigenvalue weighted by molar-refractivity contribution is 0.0973. The van der Waals surface area contributed by atoms with Crippen LogP contribution in [0.2, 0.25) is 5.02 Å². The second kappa shape index (κ2) is 8.57. The minimum Gasteiger partial charge on any atom is -0.399 e. The van der Waals surface area contributed by atoms with Gasteiger partial charge in [0, 0.05) is 22.6 Å². The summed E-state index contributed by atoms with van der Waals surface area (Å²) in [6, 6.07) is 17.0. The maximum Gasteiger partial charge on any atom is 0.281 e. The van der Waals surface area contributed by atoms with Crippen molar-refractivity contribution < 1.29 is 13.2 Å². The van der Waals surface area contributed by atoms with Crippen LogP contribution in [0, 0.1) is 20.8 Å². The van der Waals surface area contributed by atoms with E-state index in [1.807, 2.05) is 26.8 Å². The van der Waals surface area contributed by atoms with E-state index in [-0.39, 0.29) is 10.6 Å². The molecule has 1 heterocycles. The molecule has 0 aliphatic heterocycles. The van der Waals surface area contributed by atoms with Crippen molar-refractivity contribution in [2.45, 2.75) is 32.2 Å². The molecule has 0 aliphatic carbocycles. The van der Waals surface area contributed by atoms with Gasteiger partial charge in [0.1, 0.15) is 5.69 Å². The van der Waals surface area contributed by atoms with Crippen molar-refractivity contribution in [3.63, 3.8) is 0 Å². The van der Waals surface area contributed by atoms with Crippen LogP contribution in [-0.2, 0) is 16.6 Å². The SMILES string of the molecule is Cc1cc(C)c(Cn2c(C(=O)NS(=O)(=O)c3cccc(N)c3)cc3ccc(Cl)cc32)c(C)c1. The highest BCUT2D eigenvalue weighted by atomic mass is 35.5. The summed E-state index contributed by atoms with van der Waals surface area (Å²) >= 11 is 6.25. The summed E-state index contributed by atoms with van der Waals surface area (Å²) in [7, 11) is -4.11. The van der Waals surface area contributed by atoms with Crippen LogP contribution in [0.4, 0.5) is 5.69 Å². The summed E-state index contributed by atoms with van der Waals surface area (Å²) in [5.41, 5.74) is 11.4. The molecule has 4 aromatic rings. The van der Waals surface area contributed by atoms with Crippen LogP contribution >= 0.6 is 11.6 Å². The van der Waals surface area contributed by atoms with Crippen LogP contribution in [0.15, 0.2) is 65.6 Å². The molecule has 0 aliphatic rings. The average Bonchev–Trinajstić information content (AvgIpc) is 3.08. The summed E-state index contributed by atoms with van der Waals surface area (Å²) in [4.78, 5) is 13.2. The predicted molar refractivity (Wildman–Crippen MR) is 132 cm³/mol. The van der Waals surface area contributed by atoms with E-state index < -0.39 is 15.9 Å². The summed E-state index contributed by atoms with van der Waals surface area (Å²) in [6.07, 6.45) is 0. The molecule has 6 nitrogen and oxygen atoms in total. The Bertz CT molecular complexity index is 1480. The number of aromatic nitrogens is 1. The highest BCUT2D eigenvalue weighted by Crippen LogP contribution is 2.27. The molecular weight excluding hydrogens is 458 g/mol. The van der Waals surface area contributed by atoms with E-state index >= 15 is 0 Å². The number of rotatable bonds is 5. The van der Waals surface area contributed by atoms with Crippen LogP contribution in [0.25, 0.3) is 10.9 Å². The van der Waals surface area contributed by atoms with Crippen LogP contribution < -0.4 is 10.5 Å². The monoisotopic (exact) mass is 481 g/mol. The van der Waals surface area contributed by atoms with Gasteiger partial charge in [0.05, 0.1) is 10.4 Å². The van der Waals surface area contributed by atoms with Crippen molar-refractivity contribution in [1.29, 1.82) is 0 Å². The van der Waals surface area contributed by atoms with Gasteiger partial charge in [-0.05, 0) is 73.9 Å². The Labute approximate surface area is 198 Å². The van der Waals surface area contributed by atoms with Gasteiger partial charge < -0.3 is 10.3 Å². The van der Waals surface area contributed by atoms with Gasteiger partial charge in [-0.3, -0.25) is 4.79 Å². The van der Waals surface area contributed by atoms with Crippen LogP contribution in [0.1, 0.15) is 32.7 Å². The first-order valence-corrected chi connectivity index (χ1v) is 12.2. The third kappa shape index (κ3) is 4.60. The lowest BCUT2D eigenvalue weighted by Crippen LogP contribution is -2.32. The van der Waals surface area contributed by atoms with E-state index in [2.05, 4.69) is 16.9 Å². The van der Waals surface area contributed by atoms with E-state index in [1.54, 1.807) is 28.8 Å². The molecule has 0 fully saturated rings. The number of halogens is 1. The zero-order chi connectivity index (χ0) is 23.9. The Morgan fingerprint density at radius 3 is 2.36 bits per heavy atom. The first-order valence-electron chi connectivity index (χ1n) is 10.3. The average molecular weight is 482 g/mol. The summed E-state index contributed by atoms with van der Waals surface area (Å²) in [6.45, 7) is 6.48. The van der Waals surface area contributed by atoms with Crippen molar-refractivity contribution >= 4 is 44.1 Å². The molecule has 33 heavy (non-hydrogen) atoms. The number of hydrogen-bond donors (Lipinski definition) is 2. The van der Waals surface area contributed by atoms with E-state index in [9.17, 15) is 13.2 Å². The van der Waals surface area contributed by atoms with Gasteiger partial charge in [-0.1, -0.05) is 41.4 Å². The van der Waals surface area contributed by atoms with Crippen molar-refractivity contribution in [1.82, 2.24) is 9.29 Å². The topological polar surface area (TPSA) is 94.2 Å². The van der Waals surface area contributed by atoms with Crippen LogP contribution in [0.5, 0.6) is 0 Å². The smallest absolute Gasteiger partial charge is 0.281 e. The molecule has 0 saturated heterocycles. The number of nitrogens with zero attached hydrogens (tertiary/aromatic N) is 1. The molecule has 8 heteroatoms. The fourth-order valence-electron chi connectivity index (χ4n) is 4.12. The number of hydrogen-bond acceptors (Lipinski definition) is 4. The molecule has 0 saturated carbocycles. The number of aryl methyl sites for hydroxylation is 3. The van der Waals surface area contributed by atoms with E-state index in [0.717, 1.165) is 33.2 Å². The quantitative estimate of drug-likeness (QED) is 0.393. The molecule has 0 spiro atoms. The Morgan fingerprint density at radius 2 is 1.70 bits per heavy atom. The maximum atomic E-state index is 13.2. The summed E-state index contributed by atoms with van der Waals surface area (Å²) in [5, 5.41) is 1.31. The first kappa shape index (κ1) is 22.9. The highest BCUT2D eigenvalue weighted by molar-refractivity contribution is 7.90. The molecule has 3 aromatic carbocycles. The number of nitrogens with one attached hydrogen (secondary N) is 1. The lowest BCUT2D eigenvalue weighted by Gasteiger charge is -2.16. The number of sulfonamides is 1. The highest BCUT2D eigenvalue weighted by Gasteiger charge is 2.23. The molecular formula is C25H24ClN3O3S. The van der Waals surface area contributed by atoms with Gasteiger partial charge >= 0.3 is 0 Å². The van der Waals surface area contributed by atoms with E-state index in [1.165, 1.54) is 18.2 Å². The third-order valence-corrected chi connectivity index (χ3v) is 7.21. The molecule has 0 unspecified atom stereocenters. The second-order valence-electron chi connectivity index (χ2n) is 8.20. The van der Waals surface area contributed by atoms with E-state index in [4.69, 9.17) is 17.3 Å². The molecule has 0 atom stereocenters. The molecule has 1 amide bonds. The first-order chi connectivity index (χ1) is 15.5. The van der Waals surface area contributed by atoms with Crippen molar-refractivity contribution in [3.05, 3.63) is 93.6 Å². The van der Waals surface area contributed by atoms with E-state index in [0.29, 0.717) is 17.3 Å². The Balaban J connectivity index is 1.80. The third-order valence-electron chi connectivity index (χ3n) is 5.65. The Morgan fingerprint density at radius 1 is 1.00 bits per heavy atom. The van der Waals surface area contributed by atoms with Crippen LogP contribution in [0.3, 0.4) is 0 Å². The van der Waals surface area contributed by atoms with Gasteiger partial charge in [0.15, 0.2) is 0 Å². The van der Waals surface area contributed by atoms with Gasteiger partial charge in [-0.15, -0.1) is 0 Å². The maximum absolute atomic E-state index is 13.2. The minimum atomic E-state index is -4.11.